The standard InChI is InChI=1S/C13H21NOS/c1-4-11(3)16(15)9-13(14)12-8-6-5-7-10(12)2/h5-8,11,13H,4,9,14H2,1-3H3. The number of benzene rings is 1. The van der Waals surface area contributed by atoms with E-state index in [1.165, 1.54) is 5.56 Å². The van der Waals surface area contributed by atoms with Crippen molar-refractivity contribution in [2.45, 2.75) is 38.5 Å². The fourth-order valence-corrected chi connectivity index (χ4v) is 2.85. The van der Waals surface area contributed by atoms with Crippen molar-refractivity contribution in [2.75, 3.05) is 5.75 Å². The third-order valence-corrected chi connectivity index (χ3v) is 4.87. The molecule has 90 valence electrons. The molecular formula is C13H21NOS. The second-order valence-electron chi connectivity index (χ2n) is 4.23. The fraction of sp³-hybridized carbons (Fsp3) is 0.538. The van der Waals surface area contributed by atoms with E-state index < -0.39 is 10.8 Å². The van der Waals surface area contributed by atoms with Crippen molar-refractivity contribution < 1.29 is 4.21 Å². The van der Waals surface area contributed by atoms with E-state index in [0.29, 0.717) is 5.75 Å². The highest BCUT2D eigenvalue weighted by molar-refractivity contribution is 7.85. The van der Waals surface area contributed by atoms with Crippen molar-refractivity contribution in [3.63, 3.8) is 0 Å². The third-order valence-electron chi connectivity index (χ3n) is 2.96. The number of nitrogens with two attached hydrogens (primary N) is 1. The Morgan fingerprint density at radius 3 is 2.56 bits per heavy atom. The van der Waals surface area contributed by atoms with Gasteiger partial charge in [-0.2, -0.15) is 0 Å². The van der Waals surface area contributed by atoms with Crippen LogP contribution in [0.4, 0.5) is 0 Å². The summed E-state index contributed by atoms with van der Waals surface area (Å²) in [5.41, 5.74) is 8.38. The molecule has 3 heteroatoms. The lowest BCUT2D eigenvalue weighted by Crippen LogP contribution is -2.23. The molecule has 1 aromatic rings. The Bertz CT molecular complexity index is 365. The molecule has 0 bridgehead atoms. The van der Waals surface area contributed by atoms with Gasteiger partial charge >= 0.3 is 0 Å². The second-order valence-corrected chi connectivity index (χ2v) is 6.13. The van der Waals surface area contributed by atoms with Gasteiger partial charge in [-0.1, -0.05) is 38.1 Å². The molecular weight excluding hydrogens is 218 g/mol. The van der Waals surface area contributed by atoms with Crippen LogP contribution in [0, 0.1) is 6.92 Å². The molecule has 0 amide bonds. The monoisotopic (exact) mass is 239 g/mol. The van der Waals surface area contributed by atoms with Crippen LogP contribution in [-0.4, -0.2) is 15.2 Å². The first kappa shape index (κ1) is 13.4. The first-order chi connectivity index (χ1) is 7.56. The number of hydrogen-bond acceptors (Lipinski definition) is 2. The van der Waals surface area contributed by atoms with Crippen molar-refractivity contribution in [3.8, 4) is 0 Å². The van der Waals surface area contributed by atoms with Gasteiger partial charge in [0.1, 0.15) is 0 Å². The summed E-state index contributed by atoms with van der Waals surface area (Å²) in [6.07, 6.45) is 0.938. The van der Waals surface area contributed by atoms with E-state index in [0.717, 1.165) is 12.0 Å². The SMILES string of the molecule is CCC(C)S(=O)CC(N)c1ccccc1C. The average Bonchev–Trinajstić information content (AvgIpc) is 2.28. The number of aryl methyl sites for hydroxylation is 1. The van der Waals surface area contributed by atoms with Crippen molar-refractivity contribution in [2.24, 2.45) is 5.73 Å². The topological polar surface area (TPSA) is 43.1 Å². The summed E-state index contributed by atoms with van der Waals surface area (Å²) in [5.74, 6) is 0.555. The first-order valence-electron chi connectivity index (χ1n) is 5.74. The van der Waals surface area contributed by atoms with Gasteiger partial charge in [0, 0.05) is 27.8 Å². The molecule has 0 aliphatic heterocycles. The lowest BCUT2D eigenvalue weighted by atomic mass is 10.0. The van der Waals surface area contributed by atoms with Gasteiger partial charge in [-0.05, 0) is 24.5 Å². The van der Waals surface area contributed by atoms with Gasteiger partial charge in [-0.15, -0.1) is 0 Å². The Labute approximate surface area is 101 Å². The Hall–Kier alpha value is -0.670. The maximum absolute atomic E-state index is 11.9. The summed E-state index contributed by atoms with van der Waals surface area (Å²) in [5, 5.41) is 0.232. The molecule has 1 aromatic carbocycles. The van der Waals surface area contributed by atoms with E-state index in [4.69, 9.17) is 5.73 Å². The highest BCUT2D eigenvalue weighted by atomic mass is 32.2. The maximum Gasteiger partial charge on any atom is 0.0431 e. The largest absolute Gasteiger partial charge is 0.323 e. The molecule has 3 unspecified atom stereocenters. The highest BCUT2D eigenvalue weighted by Gasteiger charge is 2.15. The van der Waals surface area contributed by atoms with Crippen molar-refractivity contribution in [3.05, 3.63) is 35.4 Å². The van der Waals surface area contributed by atoms with Crippen molar-refractivity contribution in [1.82, 2.24) is 0 Å². The quantitative estimate of drug-likeness (QED) is 0.858. The van der Waals surface area contributed by atoms with Crippen LogP contribution in [0.3, 0.4) is 0 Å². The maximum atomic E-state index is 11.9. The van der Waals surface area contributed by atoms with Crippen LogP contribution in [0.2, 0.25) is 0 Å². The predicted molar refractivity (Wildman–Crippen MR) is 70.9 cm³/mol. The van der Waals surface area contributed by atoms with Gasteiger partial charge in [-0.3, -0.25) is 4.21 Å². The zero-order chi connectivity index (χ0) is 12.1. The van der Waals surface area contributed by atoms with Gasteiger partial charge in [0.05, 0.1) is 0 Å². The number of rotatable bonds is 5. The predicted octanol–water partition coefficient (Wildman–Crippen LogP) is 2.54. The van der Waals surface area contributed by atoms with E-state index in [1.54, 1.807) is 0 Å². The molecule has 2 nitrogen and oxygen atoms in total. The lowest BCUT2D eigenvalue weighted by molar-refractivity contribution is 0.661. The fourth-order valence-electron chi connectivity index (χ4n) is 1.62. The van der Waals surface area contributed by atoms with E-state index in [1.807, 2.05) is 38.1 Å². The molecule has 0 spiro atoms. The molecule has 0 aliphatic rings. The second kappa shape index (κ2) is 6.16. The lowest BCUT2D eigenvalue weighted by Gasteiger charge is -2.16. The van der Waals surface area contributed by atoms with Crippen LogP contribution in [-0.2, 0) is 10.8 Å². The third kappa shape index (κ3) is 3.42. The minimum absolute atomic E-state index is 0.115. The molecule has 0 heterocycles. The van der Waals surface area contributed by atoms with Gasteiger partial charge in [0.25, 0.3) is 0 Å². The smallest absolute Gasteiger partial charge is 0.0431 e. The van der Waals surface area contributed by atoms with Crippen LogP contribution in [0.15, 0.2) is 24.3 Å². The zero-order valence-corrected chi connectivity index (χ0v) is 11.1. The Kier molecular flexibility index (Phi) is 5.16. The number of hydrogen-bond donors (Lipinski definition) is 1. The molecule has 0 aliphatic carbocycles. The van der Waals surface area contributed by atoms with Gasteiger partial charge < -0.3 is 5.73 Å². The van der Waals surface area contributed by atoms with E-state index in [-0.39, 0.29) is 11.3 Å². The van der Waals surface area contributed by atoms with Gasteiger partial charge in [0.2, 0.25) is 0 Å². The van der Waals surface area contributed by atoms with E-state index in [2.05, 4.69) is 6.92 Å². The molecule has 1 rings (SSSR count). The molecule has 2 N–H and O–H groups in total. The molecule has 16 heavy (non-hydrogen) atoms. The molecule has 0 fully saturated rings. The summed E-state index contributed by atoms with van der Waals surface area (Å²) in [4.78, 5) is 0. The van der Waals surface area contributed by atoms with E-state index in [9.17, 15) is 4.21 Å². The van der Waals surface area contributed by atoms with Gasteiger partial charge in [-0.25, -0.2) is 0 Å². The first-order valence-corrected chi connectivity index (χ1v) is 7.12. The average molecular weight is 239 g/mol. The molecule has 3 atom stereocenters. The van der Waals surface area contributed by atoms with Crippen LogP contribution >= 0.6 is 0 Å². The normalized spacial score (nSPS) is 16.8. The van der Waals surface area contributed by atoms with Crippen LogP contribution in [0.25, 0.3) is 0 Å². The highest BCUT2D eigenvalue weighted by Crippen LogP contribution is 2.17. The van der Waals surface area contributed by atoms with E-state index >= 15 is 0 Å². The molecule has 0 radical (unpaired) electrons. The minimum atomic E-state index is -0.829. The molecule has 0 saturated carbocycles. The Balaban J connectivity index is 2.69. The van der Waals surface area contributed by atoms with Crippen LogP contribution in [0.1, 0.15) is 37.4 Å². The summed E-state index contributed by atoms with van der Waals surface area (Å²) in [6, 6.07) is 7.93. The molecule has 0 saturated heterocycles. The minimum Gasteiger partial charge on any atom is -0.323 e. The van der Waals surface area contributed by atoms with Crippen LogP contribution < -0.4 is 5.73 Å². The summed E-state index contributed by atoms with van der Waals surface area (Å²) >= 11 is 0. The van der Waals surface area contributed by atoms with Gasteiger partial charge in [0.15, 0.2) is 0 Å². The molecule has 0 aromatic heterocycles. The van der Waals surface area contributed by atoms with Crippen molar-refractivity contribution in [1.29, 1.82) is 0 Å². The Morgan fingerprint density at radius 2 is 2.00 bits per heavy atom. The summed E-state index contributed by atoms with van der Waals surface area (Å²) < 4.78 is 11.9. The zero-order valence-electron chi connectivity index (χ0n) is 10.3. The summed E-state index contributed by atoms with van der Waals surface area (Å²) in [7, 11) is -0.829. The van der Waals surface area contributed by atoms with Crippen molar-refractivity contribution >= 4 is 10.8 Å². The van der Waals surface area contributed by atoms with Crippen LogP contribution in [0.5, 0.6) is 0 Å². The summed E-state index contributed by atoms with van der Waals surface area (Å²) in [6.45, 7) is 6.11. The Morgan fingerprint density at radius 1 is 1.38 bits per heavy atom.